The van der Waals surface area contributed by atoms with Crippen LogP contribution in [0.1, 0.15) is 35.2 Å². The number of aliphatic hydroxyl groups is 1. The Labute approximate surface area is 218 Å². The van der Waals surface area contributed by atoms with Crippen LogP contribution in [0.25, 0.3) is 16.0 Å². The number of fused-ring (bicyclic) bond motifs is 1. The second-order valence-electron chi connectivity index (χ2n) is 8.83. The zero-order valence-corrected chi connectivity index (χ0v) is 21.8. The largest absolute Gasteiger partial charge is 0.507 e. The van der Waals surface area contributed by atoms with Gasteiger partial charge in [0, 0.05) is 5.56 Å². The third-order valence-electron chi connectivity index (χ3n) is 6.34. The first-order valence-corrected chi connectivity index (χ1v) is 12.7. The highest BCUT2D eigenvalue weighted by Crippen LogP contribution is 2.45. The van der Waals surface area contributed by atoms with Crippen molar-refractivity contribution in [2.24, 2.45) is 0 Å². The van der Waals surface area contributed by atoms with Crippen LogP contribution in [0.5, 0.6) is 11.5 Å². The number of methoxy groups -OCH3 is 1. The van der Waals surface area contributed by atoms with Crippen molar-refractivity contribution in [2.75, 3.05) is 18.6 Å². The molecule has 4 aromatic rings. The fraction of sp³-hybridized carbons (Fsp3) is 0.207. The van der Waals surface area contributed by atoms with Crippen LogP contribution in [-0.2, 0) is 9.59 Å². The lowest BCUT2D eigenvalue weighted by molar-refractivity contribution is -0.132. The zero-order chi connectivity index (χ0) is 26.3. The van der Waals surface area contributed by atoms with Gasteiger partial charge >= 0.3 is 5.91 Å². The molecule has 7 nitrogen and oxygen atoms in total. The van der Waals surface area contributed by atoms with Gasteiger partial charge < -0.3 is 14.6 Å². The average Bonchev–Trinajstić information content (AvgIpc) is 3.42. The standard InChI is InChI=1S/C29H26N2O5S/c1-5-36-22-12-9-19(14-17(22)3)26(32)24-25(18-8-6-7-16(2)13-18)31(28(34)27(24)33)29-30-21-11-10-20(35-4)15-23(21)37-29/h6-15,25,32H,5H2,1-4H3/b26-24+. The number of nitrogens with zero attached hydrogens (tertiary/aromatic N) is 2. The van der Waals surface area contributed by atoms with Crippen LogP contribution in [0, 0.1) is 13.8 Å². The molecule has 1 aromatic heterocycles. The highest BCUT2D eigenvalue weighted by atomic mass is 32.1. The number of carbonyl (C=O) groups is 2. The maximum absolute atomic E-state index is 13.5. The van der Waals surface area contributed by atoms with E-state index in [1.807, 2.05) is 57.2 Å². The van der Waals surface area contributed by atoms with Gasteiger partial charge in [-0.2, -0.15) is 0 Å². The lowest BCUT2D eigenvalue weighted by Crippen LogP contribution is -2.29. The Morgan fingerprint density at radius 3 is 2.59 bits per heavy atom. The highest BCUT2D eigenvalue weighted by Gasteiger charge is 2.48. The minimum atomic E-state index is -0.839. The number of aliphatic hydroxyl groups excluding tert-OH is 1. The molecule has 1 atom stereocenters. The number of Topliss-reactive ketones (excluding diaryl/α,β-unsaturated/α-hetero) is 1. The fourth-order valence-electron chi connectivity index (χ4n) is 4.58. The summed E-state index contributed by atoms with van der Waals surface area (Å²) in [6, 6.07) is 17.4. The highest BCUT2D eigenvalue weighted by molar-refractivity contribution is 7.22. The third-order valence-corrected chi connectivity index (χ3v) is 7.36. The second-order valence-corrected chi connectivity index (χ2v) is 9.84. The Morgan fingerprint density at radius 1 is 1.08 bits per heavy atom. The molecule has 1 saturated heterocycles. The molecule has 1 unspecified atom stereocenters. The van der Waals surface area contributed by atoms with Gasteiger partial charge in [-0.15, -0.1) is 0 Å². The van der Waals surface area contributed by atoms with Crippen LogP contribution in [-0.4, -0.2) is 35.5 Å². The molecule has 1 fully saturated rings. The van der Waals surface area contributed by atoms with E-state index < -0.39 is 17.7 Å². The first-order valence-electron chi connectivity index (χ1n) is 11.9. The Kier molecular flexibility index (Phi) is 6.43. The number of aromatic nitrogens is 1. The number of thiazole rings is 1. The quantitative estimate of drug-likeness (QED) is 0.194. The molecule has 0 bridgehead atoms. The van der Waals surface area contributed by atoms with Crippen molar-refractivity contribution >= 4 is 44.1 Å². The van der Waals surface area contributed by atoms with Gasteiger partial charge in [0.15, 0.2) is 5.13 Å². The number of aryl methyl sites for hydroxylation is 2. The Balaban J connectivity index is 1.70. The van der Waals surface area contributed by atoms with Crippen LogP contribution in [0.3, 0.4) is 0 Å². The molecule has 0 aliphatic carbocycles. The minimum Gasteiger partial charge on any atom is -0.507 e. The average molecular weight is 515 g/mol. The number of ether oxygens (including phenoxy) is 2. The SMILES string of the molecule is CCOc1ccc(/C(O)=C2\C(=O)C(=O)N(c3nc4ccc(OC)cc4s3)C2c2cccc(C)c2)cc1C. The van der Waals surface area contributed by atoms with Crippen molar-refractivity contribution in [1.82, 2.24) is 4.98 Å². The number of carbonyl (C=O) groups excluding carboxylic acids is 2. The smallest absolute Gasteiger partial charge is 0.301 e. The number of hydrogen-bond acceptors (Lipinski definition) is 7. The summed E-state index contributed by atoms with van der Waals surface area (Å²) in [4.78, 5) is 33.0. The molecule has 1 amide bonds. The number of benzene rings is 3. The summed E-state index contributed by atoms with van der Waals surface area (Å²) in [5.74, 6) is -0.360. The zero-order valence-electron chi connectivity index (χ0n) is 20.9. The van der Waals surface area contributed by atoms with Gasteiger partial charge in [-0.25, -0.2) is 4.98 Å². The topological polar surface area (TPSA) is 89.0 Å². The summed E-state index contributed by atoms with van der Waals surface area (Å²) in [5.41, 5.74) is 3.64. The van der Waals surface area contributed by atoms with E-state index in [-0.39, 0.29) is 11.3 Å². The molecule has 0 saturated carbocycles. The molecule has 1 N–H and O–H groups in total. The van der Waals surface area contributed by atoms with E-state index in [0.29, 0.717) is 39.9 Å². The number of hydrogen-bond donors (Lipinski definition) is 1. The maximum Gasteiger partial charge on any atom is 0.301 e. The number of ketones is 1. The summed E-state index contributed by atoms with van der Waals surface area (Å²) in [6.07, 6.45) is 0. The molecule has 0 radical (unpaired) electrons. The predicted octanol–water partition coefficient (Wildman–Crippen LogP) is 5.95. The van der Waals surface area contributed by atoms with E-state index in [0.717, 1.165) is 15.8 Å². The van der Waals surface area contributed by atoms with Crippen molar-refractivity contribution in [2.45, 2.75) is 26.8 Å². The van der Waals surface area contributed by atoms with Crippen LogP contribution >= 0.6 is 11.3 Å². The van der Waals surface area contributed by atoms with Crippen LogP contribution in [0.15, 0.2) is 66.2 Å². The molecule has 1 aliphatic heterocycles. The Bertz CT molecular complexity index is 1570. The van der Waals surface area contributed by atoms with E-state index in [4.69, 9.17) is 9.47 Å². The van der Waals surface area contributed by atoms with Crippen LogP contribution in [0.2, 0.25) is 0 Å². The number of rotatable bonds is 6. The first-order chi connectivity index (χ1) is 17.8. The lowest BCUT2D eigenvalue weighted by atomic mass is 9.94. The van der Waals surface area contributed by atoms with Crippen molar-refractivity contribution in [3.05, 3.63) is 88.5 Å². The van der Waals surface area contributed by atoms with Crippen molar-refractivity contribution in [3.8, 4) is 11.5 Å². The number of amides is 1. The monoisotopic (exact) mass is 514 g/mol. The molecule has 2 heterocycles. The molecular weight excluding hydrogens is 488 g/mol. The molecule has 37 heavy (non-hydrogen) atoms. The van der Waals surface area contributed by atoms with Gasteiger partial charge in [0.2, 0.25) is 0 Å². The van der Waals surface area contributed by atoms with Crippen LogP contribution < -0.4 is 14.4 Å². The van der Waals surface area contributed by atoms with Gasteiger partial charge in [-0.1, -0.05) is 41.2 Å². The molecule has 3 aromatic carbocycles. The van der Waals surface area contributed by atoms with Crippen molar-refractivity contribution in [3.63, 3.8) is 0 Å². The molecule has 188 valence electrons. The number of anilines is 1. The van der Waals surface area contributed by atoms with E-state index in [9.17, 15) is 14.7 Å². The molecular formula is C29H26N2O5S. The molecule has 5 rings (SSSR count). The van der Waals surface area contributed by atoms with Gasteiger partial charge in [-0.3, -0.25) is 14.5 Å². The van der Waals surface area contributed by atoms with Gasteiger partial charge in [-0.05, 0) is 68.3 Å². The van der Waals surface area contributed by atoms with Gasteiger partial charge in [0.1, 0.15) is 17.3 Å². The normalized spacial score (nSPS) is 17.0. The Morgan fingerprint density at radius 2 is 1.89 bits per heavy atom. The van der Waals surface area contributed by atoms with Crippen molar-refractivity contribution < 1.29 is 24.2 Å². The first kappa shape index (κ1) is 24.5. The molecule has 1 aliphatic rings. The second kappa shape index (κ2) is 9.71. The lowest BCUT2D eigenvalue weighted by Gasteiger charge is -2.23. The summed E-state index contributed by atoms with van der Waals surface area (Å²) in [7, 11) is 1.59. The molecule has 0 spiro atoms. The third kappa shape index (κ3) is 4.34. The van der Waals surface area contributed by atoms with E-state index in [2.05, 4.69) is 4.98 Å². The minimum absolute atomic E-state index is 0.0241. The predicted molar refractivity (Wildman–Crippen MR) is 144 cm³/mol. The summed E-state index contributed by atoms with van der Waals surface area (Å²) < 4.78 is 11.8. The summed E-state index contributed by atoms with van der Waals surface area (Å²) >= 11 is 1.29. The summed E-state index contributed by atoms with van der Waals surface area (Å²) in [6.45, 7) is 6.22. The van der Waals surface area contributed by atoms with Gasteiger partial charge in [0.25, 0.3) is 5.78 Å². The van der Waals surface area contributed by atoms with E-state index in [1.54, 1.807) is 31.4 Å². The fourth-order valence-corrected chi connectivity index (χ4v) is 5.60. The van der Waals surface area contributed by atoms with Crippen molar-refractivity contribution in [1.29, 1.82) is 0 Å². The van der Waals surface area contributed by atoms with Crippen LogP contribution in [0.4, 0.5) is 5.13 Å². The van der Waals surface area contributed by atoms with Gasteiger partial charge in [0.05, 0.1) is 35.5 Å². The summed E-state index contributed by atoms with van der Waals surface area (Å²) in [5, 5.41) is 11.8. The van der Waals surface area contributed by atoms with E-state index >= 15 is 0 Å². The molecule has 8 heteroatoms. The maximum atomic E-state index is 13.5. The van der Waals surface area contributed by atoms with E-state index in [1.165, 1.54) is 16.2 Å². The Hall–Kier alpha value is -4.17.